The number of aromatic nitrogens is 4. The van der Waals surface area contributed by atoms with Crippen LogP contribution in [0.15, 0.2) is 133 Å². The van der Waals surface area contributed by atoms with Crippen molar-refractivity contribution in [3.05, 3.63) is 145 Å². The molecule has 5 nitrogen and oxygen atoms in total. The molecule has 0 aliphatic heterocycles. The van der Waals surface area contributed by atoms with E-state index in [-0.39, 0.29) is 5.78 Å². The molecule has 0 unspecified atom stereocenters. The lowest BCUT2D eigenvalue weighted by Crippen LogP contribution is -2.13. The molecule has 0 saturated carbocycles. The van der Waals surface area contributed by atoms with Gasteiger partial charge < -0.3 is 4.40 Å². The van der Waals surface area contributed by atoms with Gasteiger partial charge in [-0.25, -0.2) is 9.97 Å². The van der Waals surface area contributed by atoms with Crippen LogP contribution >= 0.6 is 0 Å². The number of hydrogen-bond acceptors (Lipinski definition) is 3. The van der Waals surface area contributed by atoms with Crippen LogP contribution in [-0.4, -0.2) is 24.7 Å². The summed E-state index contributed by atoms with van der Waals surface area (Å²) in [7, 11) is 0. The number of fused-ring (bicyclic) bond motifs is 13. The molecule has 4 aromatic heterocycles. The summed E-state index contributed by atoms with van der Waals surface area (Å²) >= 11 is 0. The number of ketones is 1. The van der Waals surface area contributed by atoms with Crippen molar-refractivity contribution in [3.8, 4) is 17.2 Å². The van der Waals surface area contributed by atoms with E-state index in [1.54, 1.807) is 0 Å². The summed E-state index contributed by atoms with van der Waals surface area (Å²) in [5, 5.41) is 10.4. The topological polar surface area (TPSA) is 52.2 Å². The molecule has 4 heterocycles. The largest absolute Gasteiger partial charge is 0.308 e. The Morgan fingerprint density at radius 3 is 1.98 bits per heavy atom. The van der Waals surface area contributed by atoms with Crippen LogP contribution in [0.1, 0.15) is 15.9 Å². The molecule has 1 aliphatic carbocycles. The van der Waals surface area contributed by atoms with E-state index in [0.717, 1.165) is 44.0 Å². The van der Waals surface area contributed by atoms with Crippen molar-refractivity contribution in [2.45, 2.75) is 0 Å². The Bertz CT molecular complexity index is 3250. The fourth-order valence-corrected chi connectivity index (χ4v) is 8.58. The Balaban J connectivity index is 1.35. The number of hydrogen-bond donors (Lipinski definition) is 0. The van der Waals surface area contributed by atoms with Crippen molar-refractivity contribution in [3.63, 3.8) is 0 Å². The number of carbonyl (C=O) groups is 1. The van der Waals surface area contributed by atoms with E-state index in [2.05, 4.69) is 100.0 Å². The lowest BCUT2D eigenvalue weighted by Gasteiger charge is -2.20. The minimum Gasteiger partial charge on any atom is -0.308 e. The first kappa shape index (κ1) is 24.6. The highest BCUT2D eigenvalue weighted by Crippen LogP contribution is 2.47. The summed E-state index contributed by atoms with van der Waals surface area (Å²) in [6.45, 7) is 0. The van der Waals surface area contributed by atoms with E-state index in [4.69, 9.17) is 9.97 Å². The summed E-state index contributed by atoms with van der Waals surface area (Å²) in [4.78, 5) is 24.3. The molecule has 1 aliphatic rings. The summed E-state index contributed by atoms with van der Waals surface area (Å²) < 4.78 is 4.70. The van der Waals surface area contributed by atoms with Gasteiger partial charge in [0.25, 0.3) is 0 Å². The van der Waals surface area contributed by atoms with Crippen LogP contribution in [0.4, 0.5) is 0 Å². The highest BCUT2D eigenvalue weighted by molar-refractivity contribution is 6.34. The van der Waals surface area contributed by atoms with Crippen molar-refractivity contribution < 1.29 is 4.79 Å². The molecule has 12 rings (SSSR count). The summed E-state index contributed by atoms with van der Waals surface area (Å²) in [5.74, 6) is 0.611. The average Bonchev–Trinajstić information content (AvgIpc) is 3.77. The lowest BCUT2D eigenvalue weighted by atomic mass is 9.87. The number of carbonyl (C=O) groups excluding carboxylic acids is 1. The Kier molecular flexibility index (Phi) is 4.31. The fraction of sp³-hybridized carbons (Fsp3) is 0. The first-order valence-corrected chi connectivity index (χ1v) is 16.2. The molecule has 0 bridgehead atoms. The molecule has 5 heteroatoms. The molecule has 0 saturated heterocycles. The van der Waals surface area contributed by atoms with Crippen LogP contribution in [0.5, 0.6) is 0 Å². The second-order valence-corrected chi connectivity index (χ2v) is 12.9. The summed E-state index contributed by atoms with van der Waals surface area (Å²) in [5.41, 5.74) is 9.46. The number of rotatable bonds is 1. The van der Waals surface area contributed by atoms with E-state index in [9.17, 15) is 4.79 Å². The monoisotopic (exact) mass is 610 g/mol. The zero-order chi connectivity index (χ0) is 31.2. The molecule has 7 aromatic carbocycles. The van der Waals surface area contributed by atoms with Gasteiger partial charge in [0.1, 0.15) is 0 Å². The molecule has 220 valence electrons. The van der Waals surface area contributed by atoms with E-state index >= 15 is 0 Å². The van der Waals surface area contributed by atoms with Gasteiger partial charge >= 0.3 is 0 Å². The van der Waals surface area contributed by atoms with Gasteiger partial charge in [0.15, 0.2) is 5.78 Å². The second kappa shape index (κ2) is 8.41. The third-order valence-electron chi connectivity index (χ3n) is 10.5. The van der Waals surface area contributed by atoms with Gasteiger partial charge in [0.2, 0.25) is 5.95 Å². The van der Waals surface area contributed by atoms with Crippen LogP contribution in [0.25, 0.3) is 98.8 Å². The van der Waals surface area contributed by atoms with Crippen molar-refractivity contribution in [1.29, 1.82) is 0 Å². The quantitative estimate of drug-likeness (QED) is 0.186. The van der Waals surface area contributed by atoms with Crippen LogP contribution in [0, 0.1) is 0 Å². The van der Waals surface area contributed by atoms with E-state index in [1.807, 2.05) is 42.5 Å². The lowest BCUT2D eigenvalue weighted by molar-refractivity contribution is 0.104. The van der Waals surface area contributed by atoms with Gasteiger partial charge in [-0.3, -0.25) is 9.36 Å². The normalized spacial score (nSPS) is 13.0. The molecule has 0 fully saturated rings. The van der Waals surface area contributed by atoms with Crippen LogP contribution in [-0.2, 0) is 0 Å². The molecular weight excluding hydrogens is 589 g/mol. The standard InChI is InChI=1S/C43H22N4O/c48-42-27-14-4-3-13-26(27)39-37-29(42)16-9-17-33(37)44-43(45-39)47-36-21-24-11-2-1-10-23(24)20-30(36)32-22-31-25-12-5-7-18-34(25)46-35-19-8-6-15-28(35)38(40(31)46)41(32)47/h1-22H. The van der Waals surface area contributed by atoms with Gasteiger partial charge in [0, 0.05) is 54.4 Å². The predicted molar refractivity (Wildman–Crippen MR) is 195 cm³/mol. The van der Waals surface area contributed by atoms with Gasteiger partial charge in [-0.2, -0.15) is 0 Å². The Morgan fingerprint density at radius 2 is 1.12 bits per heavy atom. The van der Waals surface area contributed by atoms with Crippen molar-refractivity contribution in [2.24, 2.45) is 0 Å². The average molecular weight is 611 g/mol. The summed E-state index contributed by atoms with van der Waals surface area (Å²) in [6.07, 6.45) is 0. The van der Waals surface area contributed by atoms with Gasteiger partial charge in [-0.15, -0.1) is 0 Å². The Hall–Kier alpha value is -6.59. The molecule has 0 spiro atoms. The van der Waals surface area contributed by atoms with Crippen molar-refractivity contribution in [2.75, 3.05) is 0 Å². The number of para-hydroxylation sites is 2. The summed E-state index contributed by atoms with van der Waals surface area (Å²) in [6, 6.07) is 46.6. The van der Waals surface area contributed by atoms with Crippen molar-refractivity contribution >= 4 is 87.4 Å². The first-order chi connectivity index (χ1) is 23.7. The molecule has 48 heavy (non-hydrogen) atoms. The smallest absolute Gasteiger partial charge is 0.235 e. The SMILES string of the molecule is O=C1c2ccccc2-c2nc(-n3c4cc5ccccc5cc4c4cc5c6ccccc6n6c7ccccc7c(c43)c56)nc3cccc1c23. The van der Waals surface area contributed by atoms with Crippen molar-refractivity contribution in [1.82, 2.24) is 18.9 Å². The van der Waals surface area contributed by atoms with Crippen LogP contribution in [0.3, 0.4) is 0 Å². The molecular formula is C43H22N4O. The van der Waals surface area contributed by atoms with E-state index in [1.165, 1.54) is 48.9 Å². The van der Waals surface area contributed by atoms with Crippen LogP contribution in [0.2, 0.25) is 0 Å². The fourth-order valence-electron chi connectivity index (χ4n) is 8.58. The third kappa shape index (κ3) is 2.83. The predicted octanol–water partition coefficient (Wildman–Crippen LogP) is 10.2. The maximum absolute atomic E-state index is 13.6. The Labute approximate surface area is 272 Å². The highest BCUT2D eigenvalue weighted by atomic mass is 16.1. The first-order valence-electron chi connectivity index (χ1n) is 16.2. The molecule has 0 amide bonds. The van der Waals surface area contributed by atoms with Gasteiger partial charge in [-0.05, 0) is 47.2 Å². The maximum atomic E-state index is 13.6. The van der Waals surface area contributed by atoms with E-state index in [0.29, 0.717) is 17.1 Å². The Morgan fingerprint density at radius 1 is 0.458 bits per heavy atom. The van der Waals surface area contributed by atoms with Gasteiger partial charge in [0.05, 0.1) is 38.8 Å². The minimum absolute atomic E-state index is 0.0170. The number of nitrogens with zero attached hydrogens (tertiary/aromatic N) is 4. The molecule has 0 atom stereocenters. The van der Waals surface area contributed by atoms with E-state index < -0.39 is 0 Å². The third-order valence-corrected chi connectivity index (χ3v) is 10.5. The zero-order valence-electron chi connectivity index (χ0n) is 25.4. The maximum Gasteiger partial charge on any atom is 0.235 e. The van der Waals surface area contributed by atoms with Gasteiger partial charge in [-0.1, -0.05) is 97.1 Å². The zero-order valence-corrected chi connectivity index (χ0v) is 25.4. The molecule has 0 N–H and O–H groups in total. The highest BCUT2D eigenvalue weighted by Gasteiger charge is 2.29. The number of benzene rings is 7. The molecule has 0 radical (unpaired) electrons. The second-order valence-electron chi connectivity index (χ2n) is 12.9. The minimum atomic E-state index is 0.0170. The molecule has 11 aromatic rings. The van der Waals surface area contributed by atoms with Crippen LogP contribution < -0.4 is 0 Å².